The summed E-state index contributed by atoms with van der Waals surface area (Å²) in [5, 5.41) is 20.1. The topological polar surface area (TPSA) is 105 Å². The maximum Gasteiger partial charge on any atom is 0.244 e. The molecule has 3 rings (SSSR count). The number of carbonyl (C=O) groups excluding carboxylic acids is 1. The van der Waals surface area contributed by atoms with Gasteiger partial charge < -0.3 is 9.90 Å². The predicted molar refractivity (Wildman–Crippen MR) is 91.5 cm³/mol. The molecule has 0 spiro atoms. The number of piperidine rings is 1. The van der Waals surface area contributed by atoms with Gasteiger partial charge >= 0.3 is 0 Å². The summed E-state index contributed by atoms with van der Waals surface area (Å²) >= 11 is 1.05. The Balaban J connectivity index is 1.72. The van der Waals surface area contributed by atoms with Crippen molar-refractivity contribution in [3.05, 3.63) is 24.3 Å². The third kappa shape index (κ3) is 4.13. The molecule has 136 valence electrons. The van der Waals surface area contributed by atoms with E-state index in [2.05, 4.69) is 10.3 Å². The van der Waals surface area contributed by atoms with Crippen LogP contribution in [-0.2, 0) is 14.8 Å². The summed E-state index contributed by atoms with van der Waals surface area (Å²) in [5.41, 5.74) is 0.553. The van der Waals surface area contributed by atoms with Crippen molar-refractivity contribution >= 4 is 33.4 Å². The molecule has 10 heteroatoms. The normalized spacial score (nSPS) is 22.6. The molecule has 1 atom stereocenters. The highest BCUT2D eigenvalue weighted by molar-refractivity contribution is 8.02. The van der Waals surface area contributed by atoms with Crippen LogP contribution in [0.3, 0.4) is 0 Å². The van der Waals surface area contributed by atoms with E-state index < -0.39 is 21.4 Å². The predicted octanol–water partition coefficient (Wildman–Crippen LogP) is 0.985. The maximum atomic E-state index is 12.6. The van der Waals surface area contributed by atoms with Gasteiger partial charge in [0, 0.05) is 25.4 Å². The van der Waals surface area contributed by atoms with Gasteiger partial charge in [-0.3, -0.25) is 5.01 Å². The highest BCUT2D eigenvalue weighted by atomic mass is 32.2. The molecule has 0 radical (unpaired) electrons. The molecule has 1 aromatic rings. The minimum absolute atomic E-state index is 0.0400. The minimum Gasteiger partial charge on any atom is -0.547 e. The fourth-order valence-corrected chi connectivity index (χ4v) is 5.78. The lowest BCUT2D eigenvalue weighted by atomic mass is 10.2. The van der Waals surface area contributed by atoms with Crippen LogP contribution in [0.25, 0.3) is 0 Å². The summed E-state index contributed by atoms with van der Waals surface area (Å²) in [6.07, 6.45) is 3.41. The fraction of sp³-hybridized carbons (Fsp3) is 0.533. The van der Waals surface area contributed by atoms with Gasteiger partial charge in [0.2, 0.25) is 10.0 Å². The highest BCUT2D eigenvalue weighted by Gasteiger charge is 2.36. The summed E-state index contributed by atoms with van der Waals surface area (Å²) in [4.78, 5) is 11.1. The Kier molecular flexibility index (Phi) is 5.60. The van der Waals surface area contributed by atoms with Crippen LogP contribution in [0.15, 0.2) is 39.5 Å². The number of nitrogens with zero attached hydrogens (tertiary/aromatic N) is 4. The number of carboxylic acid groups (broad SMARTS) is 1. The number of thioether (sulfide) groups is 1. The molecule has 8 nitrogen and oxygen atoms in total. The Morgan fingerprint density at radius 3 is 2.44 bits per heavy atom. The fourth-order valence-electron chi connectivity index (χ4n) is 2.79. The third-order valence-electron chi connectivity index (χ3n) is 4.11. The Morgan fingerprint density at radius 2 is 1.80 bits per heavy atom. The molecule has 1 unspecified atom stereocenters. The van der Waals surface area contributed by atoms with Crippen molar-refractivity contribution in [1.82, 2.24) is 9.31 Å². The summed E-state index contributed by atoms with van der Waals surface area (Å²) in [7, 11) is -3.88. The average Bonchev–Trinajstić information content (AvgIpc) is 3.12. The van der Waals surface area contributed by atoms with Gasteiger partial charge in [0.25, 0.3) is 0 Å². The number of carboxylic acids is 1. The van der Waals surface area contributed by atoms with Crippen LogP contribution in [-0.4, -0.2) is 54.5 Å². The van der Waals surface area contributed by atoms with Crippen LogP contribution in [0.2, 0.25) is 0 Å². The second-order valence-electron chi connectivity index (χ2n) is 5.86. The van der Waals surface area contributed by atoms with Crippen molar-refractivity contribution in [1.29, 1.82) is 0 Å². The summed E-state index contributed by atoms with van der Waals surface area (Å²) in [6.45, 7) is 1.92. The van der Waals surface area contributed by atoms with E-state index in [0.717, 1.165) is 42.0 Å². The van der Waals surface area contributed by atoms with E-state index in [1.54, 1.807) is 12.1 Å². The molecule has 0 bridgehead atoms. The maximum absolute atomic E-state index is 12.6. The van der Waals surface area contributed by atoms with Crippen molar-refractivity contribution in [2.45, 2.75) is 29.5 Å². The lowest BCUT2D eigenvalue weighted by molar-refractivity contribution is -0.306. The second kappa shape index (κ2) is 7.71. The number of aliphatic carboxylic acids is 1. The molecule has 2 aliphatic rings. The van der Waals surface area contributed by atoms with E-state index in [-0.39, 0.29) is 11.4 Å². The zero-order valence-electron chi connectivity index (χ0n) is 13.6. The van der Waals surface area contributed by atoms with E-state index in [9.17, 15) is 18.3 Å². The molecule has 2 heterocycles. The summed E-state index contributed by atoms with van der Waals surface area (Å²) in [6, 6.07) is 5.99. The number of hydrogen-bond acceptors (Lipinski definition) is 7. The minimum atomic E-state index is -3.88. The molecule has 0 N–H and O–H groups in total. The molecule has 0 amide bonds. The van der Waals surface area contributed by atoms with E-state index in [4.69, 9.17) is 0 Å². The largest absolute Gasteiger partial charge is 0.547 e. The molecule has 0 saturated carbocycles. The van der Waals surface area contributed by atoms with Gasteiger partial charge in [-0.15, -0.1) is 16.9 Å². The van der Waals surface area contributed by atoms with E-state index >= 15 is 0 Å². The molecule has 1 aromatic carbocycles. The first kappa shape index (κ1) is 18.2. The standard InChI is InChI=1S/C15H20N4O4S2/c20-15(21)14-19(10-11-24-14)25(22,23)13-6-4-12(5-7-13)16-17-18-8-2-1-3-9-18/h4-7,14H,1-3,8-11H2,(H,20,21)/p-1. The zero-order chi connectivity index (χ0) is 17.9. The van der Waals surface area contributed by atoms with Crippen molar-refractivity contribution in [2.75, 3.05) is 25.4 Å². The zero-order valence-corrected chi connectivity index (χ0v) is 15.2. The number of carbonyl (C=O) groups is 1. The number of hydrogen-bond donors (Lipinski definition) is 0. The number of benzene rings is 1. The van der Waals surface area contributed by atoms with Gasteiger partial charge in [0.1, 0.15) is 5.37 Å². The smallest absolute Gasteiger partial charge is 0.244 e. The number of rotatable bonds is 5. The van der Waals surface area contributed by atoms with Crippen LogP contribution in [0.1, 0.15) is 19.3 Å². The van der Waals surface area contributed by atoms with Crippen LogP contribution in [0.5, 0.6) is 0 Å². The Hall–Kier alpha value is -1.65. The first-order valence-corrected chi connectivity index (χ1v) is 10.6. The summed E-state index contributed by atoms with van der Waals surface area (Å²) in [5.74, 6) is -0.960. The van der Waals surface area contributed by atoms with Crippen molar-refractivity contribution in [3.63, 3.8) is 0 Å². The van der Waals surface area contributed by atoms with Gasteiger partial charge in [-0.2, -0.15) is 4.31 Å². The Labute approximate surface area is 150 Å². The van der Waals surface area contributed by atoms with Gasteiger partial charge in [-0.25, -0.2) is 8.42 Å². The number of sulfonamides is 1. The van der Waals surface area contributed by atoms with Crippen LogP contribution < -0.4 is 5.11 Å². The van der Waals surface area contributed by atoms with Crippen LogP contribution in [0.4, 0.5) is 5.69 Å². The molecule has 0 aliphatic carbocycles. The lowest BCUT2D eigenvalue weighted by Gasteiger charge is -2.23. The average molecular weight is 383 g/mol. The van der Waals surface area contributed by atoms with Gasteiger partial charge in [-0.05, 0) is 43.5 Å². The van der Waals surface area contributed by atoms with Crippen molar-refractivity contribution in [2.24, 2.45) is 10.3 Å². The molecule has 2 saturated heterocycles. The molecular weight excluding hydrogens is 364 g/mol. The van der Waals surface area contributed by atoms with Crippen LogP contribution >= 0.6 is 11.8 Å². The SMILES string of the molecule is O=C([O-])C1SCCN1S(=O)(=O)c1ccc(N=NN2CCCCC2)cc1. The summed E-state index contributed by atoms with van der Waals surface area (Å²) < 4.78 is 26.2. The first-order valence-electron chi connectivity index (χ1n) is 8.09. The van der Waals surface area contributed by atoms with Crippen LogP contribution in [0, 0.1) is 0 Å². The van der Waals surface area contributed by atoms with Gasteiger partial charge in [0.15, 0.2) is 0 Å². The molecular formula is C15H19N4O4S2-. The van der Waals surface area contributed by atoms with Gasteiger partial charge in [-0.1, -0.05) is 5.22 Å². The Morgan fingerprint density at radius 1 is 1.12 bits per heavy atom. The molecule has 2 fully saturated rings. The lowest BCUT2D eigenvalue weighted by Crippen LogP contribution is -2.45. The van der Waals surface area contributed by atoms with E-state index in [1.165, 1.54) is 18.6 Å². The first-order chi connectivity index (χ1) is 12.0. The highest BCUT2D eigenvalue weighted by Crippen LogP contribution is 2.30. The second-order valence-corrected chi connectivity index (χ2v) is 8.93. The third-order valence-corrected chi connectivity index (χ3v) is 7.31. The van der Waals surface area contributed by atoms with E-state index in [1.807, 2.05) is 5.01 Å². The van der Waals surface area contributed by atoms with E-state index in [0.29, 0.717) is 11.4 Å². The quantitative estimate of drug-likeness (QED) is 0.702. The molecule has 25 heavy (non-hydrogen) atoms. The van der Waals surface area contributed by atoms with Crippen molar-refractivity contribution in [3.8, 4) is 0 Å². The molecule has 0 aromatic heterocycles. The van der Waals surface area contributed by atoms with Gasteiger partial charge in [0.05, 0.1) is 16.6 Å². The monoisotopic (exact) mass is 383 g/mol. The van der Waals surface area contributed by atoms with Crippen molar-refractivity contribution < 1.29 is 18.3 Å². The molecule has 2 aliphatic heterocycles. The Bertz CT molecular complexity index is 745.